The van der Waals surface area contributed by atoms with Gasteiger partial charge in [0.25, 0.3) is 0 Å². The maximum absolute atomic E-state index is 13.6. The molecule has 3 rings (SSSR count). The Bertz CT molecular complexity index is 491. The van der Waals surface area contributed by atoms with Gasteiger partial charge in [0.2, 0.25) is 0 Å². The van der Waals surface area contributed by atoms with Crippen LogP contribution in [0.3, 0.4) is 0 Å². The van der Waals surface area contributed by atoms with Crippen LogP contribution in [0.5, 0.6) is 0 Å². The molecule has 4 heteroatoms. The lowest BCUT2D eigenvalue weighted by molar-refractivity contribution is -0.351. The van der Waals surface area contributed by atoms with Crippen molar-refractivity contribution in [3.05, 3.63) is 0 Å². The molecule has 1 aliphatic heterocycles. The minimum atomic E-state index is -0.668. The second-order valence-electron chi connectivity index (χ2n) is 10.8. The molecule has 30 heavy (non-hydrogen) atoms. The third-order valence-corrected chi connectivity index (χ3v) is 8.79. The lowest BCUT2D eigenvalue weighted by Gasteiger charge is -2.54. The monoisotopic (exact) mass is 426 g/mol. The Balaban J connectivity index is 1.83. The second-order valence-corrected chi connectivity index (χ2v) is 10.8. The van der Waals surface area contributed by atoms with Crippen molar-refractivity contribution in [3.8, 4) is 0 Å². The molecule has 3 fully saturated rings. The largest absolute Gasteiger partial charge is 0.378 e. The summed E-state index contributed by atoms with van der Waals surface area (Å²) in [5, 5.41) is 0. The molecule has 0 N–H and O–H groups in total. The summed E-state index contributed by atoms with van der Waals surface area (Å²) in [6.45, 7) is 12.0. The molecule has 2 aliphatic carbocycles. The number of rotatable bonds is 12. The van der Waals surface area contributed by atoms with Crippen LogP contribution < -0.4 is 0 Å². The van der Waals surface area contributed by atoms with Crippen LogP contribution in [0.15, 0.2) is 0 Å². The number of hydrogen-bond donors (Lipinski definition) is 0. The highest BCUT2D eigenvalue weighted by Gasteiger charge is 2.53. The first-order valence-corrected chi connectivity index (χ1v) is 13.1. The molecule has 0 bridgehead atoms. The van der Waals surface area contributed by atoms with Crippen molar-refractivity contribution < 1.29 is 18.9 Å². The summed E-state index contributed by atoms with van der Waals surface area (Å²) in [4.78, 5) is 4.47. The van der Waals surface area contributed by atoms with Crippen molar-refractivity contribution >= 4 is 0 Å². The summed E-state index contributed by atoms with van der Waals surface area (Å²) in [5.41, 5.74) is 0. The average molecular weight is 427 g/mol. The minimum absolute atomic E-state index is 0.0228. The molecule has 0 spiro atoms. The van der Waals surface area contributed by atoms with E-state index in [9.17, 15) is 4.53 Å². The number of hydrogen-bond acceptors (Lipinski definition) is 3. The molecule has 176 valence electrons. The van der Waals surface area contributed by atoms with Crippen molar-refractivity contribution in [1.82, 2.24) is 0 Å². The van der Waals surface area contributed by atoms with Crippen LogP contribution >= 0.6 is 0 Å². The first-order chi connectivity index (χ1) is 14.5. The Labute approximate surface area is 184 Å². The SMILES string of the molecule is CCCCC(C(C)C)C(CC1C(C)OC(OF)C(C2CCC2)C1C1CCC1)OCC. The number of ether oxygens (including phenoxy) is 2. The van der Waals surface area contributed by atoms with Crippen LogP contribution in [0.4, 0.5) is 4.53 Å². The molecule has 0 aromatic rings. The van der Waals surface area contributed by atoms with Gasteiger partial charge in [-0.15, -0.1) is 0 Å². The molecule has 0 aromatic carbocycles. The molecule has 0 aromatic heterocycles. The summed E-state index contributed by atoms with van der Waals surface area (Å²) in [5.74, 6) is 3.63. The van der Waals surface area contributed by atoms with Gasteiger partial charge < -0.3 is 9.47 Å². The molecular weight excluding hydrogens is 379 g/mol. The molecule has 3 nitrogen and oxygen atoms in total. The van der Waals surface area contributed by atoms with Gasteiger partial charge in [-0.05, 0) is 79.6 Å². The molecular formula is C26H47FO3. The average Bonchev–Trinajstić information content (AvgIpc) is 2.63. The van der Waals surface area contributed by atoms with Crippen molar-refractivity contribution in [3.63, 3.8) is 0 Å². The molecule has 0 radical (unpaired) electrons. The minimum Gasteiger partial charge on any atom is -0.378 e. The van der Waals surface area contributed by atoms with Crippen molar-refractivity contribution in [2.45, 2.75) is 117 Å². The third-order valence-electron chi connectivity index (χ3n) is 8.79. The highest BCUT2D eigenvalue weighted by atomic mass is 19.3. The lowest BCUT2D eigenvalue weighted by Crippen LogP contribution is -2.55. The zero-order chi connectivity index (χ0) is 21.7. The van der Waals surface area contributed by atoms with E-state index in [0.717, 1.165) is 13.0 Å². The lowest BCUT2D eigenvalue weighted by atomic mass is 9.56. The van der Waals surface area contributed by atoms with E-state index < -0.39 is 6.29 Å². The highest BCUT2D eigenvalue weighted by Crippen LogP contribution is 2.54. The van der Waals surface area contributed by atoms with Crippen LogP contribution in [0.1, 0.15) is 98.8 Å². The van der Waals surface area contributed by atoms with E-state index in [1.807, 2.05) is 0 Å². The smallest absolute Gasteiger partial charge is 0.200 e. The van der Waals surface area contributed by atoms with Gasteiger partial charge in [0.05, 0.1) is 12.2 Å². The molecule has 3 aliphatic rings. The zero-order valence-electron chi connectivity index (χ0n) is 20.2. The molecule has 0 amide bonds. The van der Waals surface area contributed by atoms with E-state index in [-0.39, 0.29) is 18.1 Å². The maximum atomic E-state index is 13.6. The van der Waals surface area contributed by atoms with Gasteiger partial charge >= 0.3 is 0 Å². The first-order valence-electron chi connectivity index (χ1n) is 13.1. The highest BCUT2D eigenvalue weighted by molar-refractivity contribution is 4.98. The first kappa shape index (κ1) is 24.5. The standard InChI is InChI=1S/C26H47FO3/c1-6-8-15-21(17(3)4)23(28-7-2)16-22-18(5)29-26(30-27)25(20-13-10-14-20)24(22)19-11-9-12-19/h17-26H,6-16H2,1-5H3. The van der Waals surface area contributed by atoms with Crippen LogP contribution in [-0.2, 0) is 14.4 Å². The van der Waals surface area contributed by atoms with Gasteiger partial charge in [-0.1, -0.05) is 59.3 Å². The van der Waals surface area contributed by atoms with Crippen LogP contribution in [0.25, 0.3) is 0 Å². The topological polar surface area (TPSA) is 27.7 Å². The van der Waals surface area contributed by atoms with Crippen LogP contribution in [0, 0.1) is 41.4 Å². The summed E-state index contributed by atoms with van der Waals surface area (Å²) in [7, 11) is 0. The van der Waals surface area contributed by atoms with Gasteiger partial charge in [-0.3, -0.25) is 0 Å². The third kappa shape index (κ3) is 5.41. The predicted molar refractivity (Wildman–Crippen MR) is 120 cm³/mol. The van der Waals surface area contributed by atoms with Crippen LogP contribution in [-0.4, -0.2) is 25.1 Å². The molecule has 1 heterocycles. The van der Waals surface area contributed by atoms with E-state index in [0.29, 0.717) is 35.5 Å². The summed E-state index contributed by atoms with van der Waals surface area (Å²) >= 11 is 0. The Hall–Kier alpha value is -0.190. The molecule has 1 saturated heterocycles. The van der Waals surface area contributed by atoms with E-state index in [1.54, 1.807) is 0 Å². The fourth-order valence-corrected chi connectivity index (χ4v) is 6.70. The van der Waals surface area contributed by atoms with Crippen molar-refractivity contribution in [2.75, 3.05) is 6.61 Å². The summed E-state index contributed by atoms with van der Waals surface area (Å²) < 4.78 is 26.3. The summed E-state index contributed by atoms with van der Waals surface area (Å²) in [6.07, 6.45) is 12.0. The van der Waals surface area contributed by atoms with Gasteiger partial charge in [-0.2, -0.15) is 4.94 Å². The Morgan fingerprint density at radius 3 is 2.10 bits per heavy atom. The molecule has 2 saturated carbocycles. The number of halogens is 1. The van der Waals surface area contributed by atoms with E-state index in [2.05, 4.69) is 39.6 Å². The van der Waals surface area contributed by atoms with Gasteiger partial charge in [0, 0.05) is 12.5 Å². The Morgan fingerprint density at radius 1 is 1.00 bits per heavy atom. The van der Waals surface area contributed by atoms with E-state index in [1.165, 1.54) is 57.8 Å². The van der Waals surface area contributed by atoms with Gasteiger partial charge in [0.1, 0.15) is 0 Å². The number of unbranched alkanes of at least 4 members (excludes halogenated alkanes) is 1. The molecule has 7 unspecified atom stereocenters. The summed E-state index contributed by atoms with van der Waals surface area (Å²) in [6, 6.07) is 0. The fraction of sp³-hybridized carbons (Fsp3) is 1.00. The van der Waals surface area contributed by atoms with E-state index in [4.69, 9.17) is 9.47 Å². The van der Waals surface area contributed by atoms with Gasteiger partial charge in [0.15, 0.2) is 6.29 Å². The van der Waals surface area contributed by atoms with Gasteiger partial charge in [-0.25, -0.2) is 0 Å². The fourth-order valence-electron chi connectivity index (χ4n) is 6.70. The second kappa shape index (κ2) is 11.6. The predicted octanol–water partition coefficient (Wildman–Crippen LogP) is 7.34. The van der Waals surface area contributed by atoms with E-state index >= 15 is 0 Å². The van der Waals surface area contributed by atoms with Crippen LogP contribution in [0.2, 0.25) is 0 Å². The maximum Gasteiger partial charge on any atom is 0.200 e. The van der Waals surface area contributed by atoms with Crippen molar-refractivity contribution in [1.29, 1.82) is 0 Å². The Morgan fingerprint density at radius 2 is 1.63 bits per heavy atom. The normalized spacial score (nSPS) is 35.1. The van der Waals surface area contributed by atoms with Crippen molar-refractivity contribution in [2.24, 2.45) is 41.4 Å². The zero-order valence-corrected chi connectivity index (χ0v) is 20.2. The molecule has 7 atom stereocenters. The Kier molecular flexibility index (Phi) is 9.46. The quantitative estimate of drug-likeness (QED) is 0.327.